The third-order valence-corrected chi connectivity index (χ3v) is 2.99. The Morgan fingerprint density at radius 1 is 1.19 bits per heavy atom. The van der Waals surface area contributed by atoms with E-state index in [0.717, 1.165) is 24.7 Å². The average molecular weight is 288 g/mol. The number of phenols is 1. The fraction of sp³-hybridized carbons (Fsp3) is 0.188. The van der Waals surface area contributed by atoms with Crippen LogP contribution in [0.25, 0.3) is 0 Å². The number of amides is 1. The van der Waals surface area contributed by atoms with E-state index in [9.17, 15) is 9.18 Å². The van der Waals surface area contributed by atoms with E-state index >= 15 is 0 Å². The molecular formula is C16H17FN2O2. The minimum atomic E-state index is -0.753. The molecule has 0 atom stereocenters. The summed E-state index contributed by atoms with van der Waals surface area (Å²) in [5, 5.41) is 15.0. The zero-order valence-electron chi connectivity index (χ0n) is 11.7. The summed E-state index contributed by atoms with van der Waals surface area (Å²) in [5.74, 6) is -1.51. The minimum absolute atomic E-state index is 0.107. The smallest absolute Gasteiger partial charge is 0.258 e. The first-order valence-corrected chi connectivity index (χ1v) is 6.69. The highest BCUT2D eigenvalue weighted by molar-refractivity contribution is 6.04. The van der Waals surface area contributed by atoms with E-state index in [2.05, 4.69) is 10.6 Å². The number of anilines is 1. The Balaban J connectivity index is 2.05. The lowest BCUT2D eigenvalue weighted by Crippen LogP contribution is -2.14. The van der Waals surface area contributed by atoms with Crippen molar-refractivity contribution in [2.75, 3.05) is 11.9 Å². The molecule has 0 bridgehead atoms. The maximum atomic E-state index is 13.6. The van der Waals surface area contributed by atoms with Gasteiger partial charge in [0.1, 0.15) is 11.6 Å². The lowest BCUT2D eigenvalue weighted by molar-refractivity contribution is 0.102. The van der Waals surface area contributed by atoms with E-state index in [4.69, 9.17) is 5.11 Å². The van der Waals surface area contributed by atoms with Crippen LogP contribution in [0.3, 0.4) is 0 Å². The third-order valence-electron chi connectivity index (χ3n) is 2.99. The Labute approximate surface area is 122 Å². The van der Waals surface area contributed by atoms with E-state index in [-0.39, 0.29) is 11.3 Å². The van der Waals surface area contributed by atoms with Gasteiger partial charge in [0.15, 0.2) is 0 Å². The summed E-state index contributed by atoms with van der Waals surface area (Å²) in [5.41, 5.74) is 1.59. The molecule has 3 N–H and O–H groups in total. The van der Waals surface area contributed by atoms with Gasteiger partial charge in [0.2, 0.25) is 0 Å². The summed E-state index contributed by atoms with van der Waals surface area (Å²) < 4.78 is 13.6. The number of halogens is 1. The Bertz CT molecular complexity index is 627. The van der Waals surface area contributed by atoms with E-state index in [0.29, 0.717) is 5.69 Å². The molecule has 1 amide bonds. The van der Waals surface area contributed by atoms with Crippen LogP contribution in [-0.2, 0) is 6.54 Å². The highest BCUT2D eigenvalue weighted by atomic mass is 19.1. The molecule has 0 aliphatic rings. The number of hydrogen-bond donors (Lipinski definition) is 3. The van der Waals surface area contributed by atoms with Gasteiger partial charge >= 0.3 is 0 Å². The van der Waals surface area contributed by atoms with E-state index in [1.165, 1.54) is 12.1 Å². The van der Waals surface area contributed by atoms with Crippen LogP contribution in [0.2, 0.25) is 0 Å². The number of benzene rings is 2. The Kier molecular flexibility index (Phi) is 4.90. The van der Waals surface area contributed by atoms with Gasteiger partial charge in [-0.15, -0.1) is 0 Å². The second kappa shape index (κ2) is 6.85. The van der Waals surface area contributed by atoms with E-state index in [1.807, 2.05) is 19.1 Å². The molecular weight excluding hydrogens is 271 g/mol. The third kappa shape index (κ3) is 4.03. The predicted molar refractivity (Wildman–Crippen MR) is 79.8 cm³/mol. The van der Waals surface area contributed by atoms with Gasteiger partial charge < -0.3 is 15.7 Å². The number of hydrogen-bond acceptors (Lipinski definition) is 3. The van der Waals surface area contributed by atoms with Crippen LogP contribution in [0, 0.1) is 5.82 Å². The van der Waals surface area contributed by atoms with Gasteiger partial charge in [-0.2, -0.15) is 0 Å². The Hall–Kier alpha value is -2.40. The highest BCUT2D eigenvalue weighted by Gasteiger charge is 2.12. The molecule has 4 nitrogen and oxygen atoms in total. The van der Waals surface area contributed by atoms with Gasteiger partial charge in [-0.3, -0.25) is 4.79 Å². The Morgan fingerprint density at radius 3 is 2.52 bits per heavy atom. The first kappa shape index (κ1) is 15.0. The zero-order valence-corrected chi connectivity index (χ0v) is 11.7. The predicted octanol–water partition coefficient (Wildman–Crippen LogP) is 2.89. The second-order valence-electron chi connectivity index (χ2n) is 4.60. The van der Waals surface area contributed by atoms with Crippen LogP contribution < -0.4 is 10.6 Å². The van der Waals surface area contributed by atoms with Crippen LogP contribution in [0.15, 0.2) is 42.5 Å². The largest absolute Gasteiger partial charge is 0.508 e. The van der Waals surface area contributed by atoms with Gasteiger partial charge in [-0.05, 0) is 36.4 Å². The van der Waals surface area contributed by atoms with E-state index in [1.54, 1.807) is 12.1 Å². The molecule has 0 spiro atoms. The van der Waals surface area contributed by atoms with Crippen molar-refractivity contribution >= 4 is 11.6 Å². The van der Waals surface area contributed by atoms with Gasteiger partial charge in [0.25, 0.3) is 5.91 Å². The van der Waals surface area contributed by atoms with Crippen LogP contribution in [0.1, 0.15) is 22.8 Å². The van der Waals surface area contributed by atoms with Crippen molar-refractivity contribution < 1.29 is 14.3 Å². The molecule has 0 heterocycles. The SMILES string of the molecule is CCNCc1ccc(NC(=O)c2ccc(O)cc2F)cc1. The first-order valence-electron chi connectivity index (χ1n) is 6.69. The molecule has 5 heteroatoms. The van der Waals surface area contributed by atoms with Crippen molar-refractivity contribution in [1.29, 1.82) is 0 Å². The maximum absolute atomic E-state index is 13.6. The molecule has 110 valence electrons. The fourth-order valence-corrected chi connectivity index (χ4v) is 1.86. The summed E-state index contributed by atoms with van der Waals surface area (Å²) in [6.07, 6.45) is 0. The molecule has 0 saturated carbocycles. The monoisotopic (exact) mass is 288 g/mol. The fourth-order valence-electron chi connectivity index (χ4n) is 1.86. The van der Waals surface area contributed by atoms with Crippen molar-refractivity contribution in [2.24, 2.45) is 0 Å². The molecule has 0 aliphatic heterocycles. The molecule has 21 heavy (non-hydrogen) atoms. The standard InChI is InChI=1S/C16H17FN2O2/c1-2-18-10-11-3-5-12(6-4-11)19-16(21)14-8-7-13(20)9-15(14)17/h3-9,18,20H,2,10H2,1H3,(H,19,21). The van der Waals surface area contributed by atoms with Crippen LogP contribution >= 0.6 is 0 Å². The van der Waals surface area contributed by atoms with E-state index < -0.39 is 11.7 Å². The van der Waals surface area contributed by atoms with Crippen molar-refractivity contribution in [2.45, 2.75) is 13.5 Å². The van der Waals surface area contributed by atoms with Crippen LogP contribution in [0.4, 0.5) is 10.1 Å². The molecule has 0 aromatic heterocycles. The normalized spacial score (nSPS) is 10.4. The van der Waals surface area contributed by atoms with Gasteiger partial charge in [0.05, 0.1) is 5.56 Å². The van der Waals surface area contributed by atoms with Crippen molar-refractivity contribution in [3.05, 3.63) is 59.4 Å². The molecule has 0 radical (unpaired) electrons. The number of nitrogens with one attached hydrogen (secondary N) is 2. The zero-order chi connectivity index (χ0) is 15.2. The van der Waals surface area contributed by atoms with Crippen molar-refractivity contribution in [1.82, 2.24) is 5.32 Å². The number of rotatable bonds is 5. The molecule has 2 rings (SSSR count). The number of phenolic OH excluding ortho intramolecular Hbond substituents is 1. The summed E-state index contributed by atoms with van der Waals surface area (Å²) in [6, 6.07) is 10.8. The van der Waals surface area contributed by atoms with Gasteiger partial charge in [-0.1, -0.05) is 19.1 Å². The lowest BCUT2D eigenvalue weighted by Gasteiger charge is -2.08. The number of carbonyl (C=O) groups excluding carboxylic acids is 1. The highest BCUT2D eigenvalue weighted by Crippen LogP contribution is 2.17. The van der Waals surface area contributed by atoms with Crippen molar-refractivity contribution in [3.8, 4) is 5.75 Å². The number of carbonyl (C=O) groups is 1. The molecule has 0 unspecified atom stereocenters. The molecule has 2 aromatic rings. The molecule has 2 aromatic carbocycles. The topological polar surface area (TPSA) is 61.4 Å². The lowest BCUT2D eigenvalue weighted by atomic mass is 10.1. The average Bonchev–Trinajstić information content (AvgIpc) is 2.46. The van der Waals surface area contributed by atoms with Crippen LogP contribution in [-0.4, -0.2) is 17.6 Å². The molecule has 0 aliphatic carbocycles. The summed E-state index contributed by atoms with van der Waals surface area (Å²) in [4.78, 5) is 12.0. The van der Waals surface area contributed by atoms with Gasteiger partial charge in [-0.25, -0.2) is 4.39 Å². The summed E-state index contributed by atoms with van der Waals surface area (Å²) in [7, 11) is 0. The summed E-state index contributed by atoms with van der Waals surface area (Å²) in [6.45, 7) is 3.68. The van der Waals surface area contributed by atoms with Gasteiger partial charge in [0, 0.05) is 18.3 Å². The second-order valence-corrected chi connectivity index (χ2v) is 4.60. The number of aromatic hydroxyl groups is 1. The first-order chi connectivity index (χ1) is 10.1. The van der Waals surface area contributed by atoms with Crippen LogP contribution in [0.5, 0.6) is 5.75 Å². The van der Waals surface area contributed by atoms with Crippen molar-refractivity contribution in [3.63, 3.8) is 0 Å². The minimum Gasteiger partial charge on any atom is -0.508 e. The summed E-state index contributed by atoms with van der Waals surface area (Å²) >= 11 is 0. The molecule has 0 fully saturated rings. The quantitative estimate of drug-likeness (QED) is 0.793. The Morgan fingerprint density at radius 2 is 1.90 bits per heavy atom. The maximum Gasteiger partial charge on any atom is 0.258 e. The molecule has 0 saturated heterocycles.